The zero-order valence-electron chi connectivity index (χ0n) is 14.9. The average molecular weight is 364 g/mol. The minimum Gasteiger partial charge on any atom is -0.317 e. The molecule has 0 saturated carbocycles. The van der Waals surface area contributed by atoms with Crippen LogP contribution in [0.1, 0.15) is 36.7 Å². The van der Waals surface area contributed by atoms with Crippen LogP contribution >= 0.6 is 0 Å². The highest BCUT2D eigenvalue weighted by Gasteiger charge is 2.18. The van der Waals surface area contributed by atoms with Crippen LogP contribution in [-0.4, -0.2) is 30.4 Å². The average Bonchev–Trinajstić information content (AvgIpc) is 2.93. The Hall–Kier alpha value is -2.19. The Labute approximate surface area is 148 Å². The summed E-state index contributed by atoms with van der Waals surface area (Å²) in [5.74, 6) is 0.459. The van der Waals surface area contributed by atoms with Crippen LogP contribution in [0.25, 0.3) is 0 Å². The van der Waals surface area contributed by atoms with Crippen LogP contribution in [0.5, 0.6) is 0 Å². The Kier molecular flexibility index (Phi) is 5.97. The fraction of sp³-hybridized carbons (Fsp3) is 0.412. The Bertz CT molecular complexity index is 857. The molecule has 0 bridgehead atoms. The van der Waals surface area contributed by atoms with Crippen molar-refractivity contribution in [2.45, 2.75) is 39.1 Å². The van der Waals surface area contributed by atoms with Crippen molar-refractivity contribution in [1.82, 2.24) is 14.3 Å². The minimum atomic E-state index is -3.62. The second-order valence-electron chi connectivity index (χ2n) is 6.23. The first-order chi connectivity index (χ1) is 11.7. The van der Waals surface area contributed by atoms with Crippen molar-refractivity contribution in [2.24, 2.45) is 5.92 Å². The van der Waals surface area contributed by atoms with Crippen molar-refractivity contribution in [1.29, 1.82) is 0 Å². The monoisotopic (exact) mass is 364 g/mol. The minimum absolute atomic E-state index is 0.0654. The second-order valence-corrected chi connectivity index (χ2v) is 8.00. The summed E-state index contributed by atoms with van der Waals surface area (Å²) in [6, 6.07) is 4.50. The molecule has 7 nitrogen and oxygen atoms in total. The lowest BCUT2D eigenvalue weighted by Crippen LogP contribution is -2.24. The fourth-order valence-electron chi connectivity index (χ4n) is 2.43. The predicted molar refractivity (Wildman–Crippen MR) is 97.1 cm³/mol. The quantitative estimate of drug-likeness (QED) is 0.789. The van der Waals surface area contributed by atoms with E-state index in [1.165, 1.54) is 12.1 Å². The van der Waals surface area contributed by atoms with Crippen LogP contribution in [0.15, 0.2) is 35.5 Å². The Balaban J connectivity index is 2.29. The van der Waals surface area contributed by atoms with Gasteiger partial charge in [0.15, 0.2) is 0 Å². The summed E-state index contributed by atoms with van der Waals surface area (Å²) in [4.78, 5) is 16.9. The highest BCUT2D eigenvalue weighted by molar-refractivity contribution is 7.89. The first-order valence-corrected chi connectivity index (χ1v) is 9.65. The van der Waals surface area contributed by atoms with Gasteiger partial charge < -0.3 is 4.57 Å². The number of benzene rings is 1. The molecular formula is C17H24N4O3S. The van der Waals surface area contributed by atoms with Gasteiger partial charge in [-0.15, -0.1) is 0 Å². The van der Waals surface area contributed by atoms with Gasteiger partial charge in [-0.25, -0.2) is 18.1 Å². The molecular weight excluding hydrogens is 340 g/mol. The molecule has 0 unspecified atom stereocenters. The van der Waals surface area contributed by atoms with Crippen LogP contribution in [0.2, 0.25) is 0 Å². The van der Waals surface area contributed by atoms with Crippen LogP contribution < -0.4 is 10.0 Å². The van der Waals surface area contributed by atoms with Gasteiger partial charge in [-0.3, -0.25) is 10.1 Å². The summed E-state index contributed by atoms with van der Waals surface area (Å²) < 4.78 is 28.6. The molecule has 0 spiro atoms. The van der Waals surface area contributed by atoms with E-state index < -0.39 is 10.0 Å². The van der Waals surface area contributed by atoms with Crippen molar-refractivity contribution in [3.8, 4) is 0 Å². The summed E-state index contributed by atoms with van der Waals surface area (Å²) in [5.41, 5.74) is 0.994. The first kappa shape index (κ1) is 19.1. The molecule has 2 aromatic rings. The maximum Gasteiger partial charge on any atom is 0.258 e. The maximum atomic E-state index is 12.6. The molecule has 25 heavy (non-hydrogen) atoms. The standard InChI is InChI=1S/C17H24N4O3S/c1-5-19-25(23,24)14-7-6-13(4)15(10-14)16(22)20-17-18-8-9-21(17)11-12(2)3/h6-10,12,19H,5,11H2,1-4H3,(H,18,20,22). The van der Waals surface area contributed by atoms with Crippen LogP contribution in [0.3, 0.4) is 0 Å². The highest BCUT2D eigenvalue weighted by atomic mass is 32.2. The molecule has 0 radical (unpaired) electrons. The molecule has 1 heterocycles. The number of hydrogen-bond acceptors (Lipinski definition) is 4. The van der Waals surface area contributed by atoms with Gasteiger partial charge in [-0.1, -0.05) is 26.8 Å². The van der Waals surface area contributed by atoms with Crippen LogP contribution in [0.4, 0.5) is 5.95 Å². The number of anilines is 1. The summed E-state index contributed by atoms with van der Waals surface area (Å²) in [5, 5.41) is 2.76. The number of rotatable bonds is 7. The van der Waals surface area contributed by atoms with E-state index in [0.29, 0.717) is 23.0 Å². The molecule has 0 aliphatic heterocycles. The molecule has 1 aromatic carbocycles. The predicted octanol–water partition coefficient (Wildman–Crippen LogP) is 2.40. The molecule has 1 aromatic heterocycles. The number of nitrogens with zero attached hydrogens (tertiary/aromatic N) is 2. The van der Waals surface area contributed by atoms with Gasteiger partial charge in [0.1, 0.15) is 0 Å². The normalized spacial score (nSPS) is 11.7. The van der Waals surface area contributed by atoms with Gasteiger partial charge in [0.25, 0.3) is 5.91 Å². The van der Waals surface area contributed by atoms with Gasteiger partial charge in [0.2, 0.25) is 16.0 Å². The lowest BCUT2D eigenvalue weighted by Gasteiger charge is -2.13. The van der Waals surface area contributed by atoms with Crippen LogP contribution in [-0.2, 0) is 16.6 Å². The maximum absolute atomic E-state index is 12.6. The van der Waals surface area contributed by atoms with E-state index in [9.17, 15) is 13.2 Å². The van der Waals surface area contributed by atoms with E-state index >= 15 is 0 Å². The molecule has 136 valence electrons. The van der Waals surface area contributed by atoms with Gasteiger partial charge >= 0.3 is 0 Å². The molecule has 0 saturated heterocycles. The zero-order chi connectivity index (χ0) is 18.6. The van der Waals surface area contributed by atoms with E-state index in [1.807, 2.05) is 4.57 Å². The Morgan fingerprint density at radius 1 is 1.32 bits per heavy atom. The largest absolute Gasteiger partial charge is 0.317 e. The Morgan fingerprint density at radius 3 is 2.68 bits per heavy atom. The number of aryl methyl sites for hydroxylation is 1. The van der Waals surface area contributed by atoms with E-state index in [4.69, 9.17) is 0 Å². The number of carbonyl (C=O) groups excluding carboxylic acids is 1. The van der Waals surface area contributed by atoms with Crippen molar-refractivity contribution < 1.29 is 13.2 Å². The molecule has 8 heteroatoms. The van der Waals surface area contributed by atoms with Gasteiger partial charge in [0.05, 0.1) is 4.90 Å². The van der Waals surface area contributed by atoms with Crippen molar-refractivity contribution in [3.05, 3.63) is 41.7 Å². The number of nitrogens with one attached hydrogen (secondary N) is 2. The summed E-state index contributed by atoms with van der Waals surface area (Å²) >= 11 is 0. The number of aromatic nitrogens is 2. The van der Waals surface area contributed by atoms with Crippen LogP contribution in [0, 0.1) is 12.8 Å². The van der Waals surface area contributed by atoms with E-state index in [1.54, 1.807) is 32.3 Å². The fourth-order valence-corrected chi connectivity index (χ4v) is 3.50. The third-order valence-corrected chi connectivity index (χ3v) is 5.14. The first-order valence-electron chi connectivity index (χ1n) is 8.17. The number of imidazole rings is 1. The smallest absolute Gasteiger partial charge is 0.258 e. The molecule has 1 amide bonds. The third kappa shape index (κ3) is 4.67. The molecule has 0 fully saturated rings. The molecule has 2 N–H and O–H groups in total. The second kappa shape index (κ2) is 7.79. The topological polar surface area (TPSA) is 93.1 Å². The highest BCUT2D eigenvalue weighted by Crippen LogP contribution is 2.17. The summed E-state index contributed by atoms with van der Waals surface area (Å²) in [7, 11) is -3.62. The number of amides is 1. The van der Waals surface area contributed by atoms with E-state index in [0.717, 1.165) is 6.54 Å². The van der Waals surface area contributed by atoms with E-state index in [-0.39, 0.29) is 17.3 Å². The number of carbonyl (C=O) groups is 1. The molecule has 0 aliphatic carbocycles. The number of sulfonamides is 1. The summed E-state index contributed by atoms with van der Waals surface area (Å²) in [6.45, 7) is 8.62. The van der Waals surface area contributed by atoms with Gasteiger partial charge in [0, 0.05) is 31.0 Å². The van der Waals surface area contributed by atoms with Gasteiger partial charge in [-0.2, -0.15) is 0 Å². The van der Waals surface area contributed by atoms with Gasteiger partial charge in [-0.05, 0) is 30.5 Å². The SMILES string of the molecule is CCNS(=O)(=O)c1ccc(C)c(C(=O)Nc2nccn2CC(C)C)c1. The third-order valence-electron chi connectivity index (χ3n) is 3.60. The lowest BCUT2D eigenvalue weighted by atomic mass is 10.1. The summed E-state index contributed by atoms with van der Waals surface area (Å²) in [6.07, 6.45) is 3.42. The molecule has 0 aliphatic rings. The molecule has 0 atom stereocenters. The Morgan fingerprint density at radius 2 is 2.04 bits per heavy atom. The van der Waals surface area contributed by atoms with Crippen molar-refractivity contribution in [2.75, 3.05) is 11.9 Å². The zero-order valence-corrected chi connectivity index (χ0v) is 15.7. The lowest BCUT2D eigenvalue weighted by molar-refractivity contribution is 0.102. The van der Waals surface area contributed by atoms with E-state index in [2.05, 4.69) is 28.9 Å². The molecule has 2 rings (SSSR count). The number of hydrogen-bond donors (Lipinski definition) is 2. The van der Waals surface area contributed by atoms with Crippen molar-refractivity contribution >= 4 is 21.9 Å². The van der Waals surface area contributed by atoms with Crippen molar-refractivity contribution in [3.63, 3.8) is 0 Å².